The van der Waals surface area contributed by atoms with Crippen LogP contribution in [0.15, 0.2) is 54.6 Å². The zero-order valence-electron chi connectivity index (χ0n) is 15.8. The van der Waals surface area contributed by atoms with Crippen molar-refractivity contribution in [2.45, 2.75) is 25.8 Å². The molecular formula is C22H19N5O2. The monoisotopic (exact) mass is 385 g/mol. The molecule has 5 rings (SSSR count). The lowest BCUT2D eigenvalue weighted by Gasteiger charge is -2.17. The first kappa shape index (κ1) is 17.4. The summed E-state index contributed by atoms with van der Waals surface area (Å²) in [6.07, 6.45) is 1.95. The predicted octanol–water partition coefficient (Wildman–Crippen LogP) is 3.90. The number of hydrogen-bond donors (Lipinski definition) is 2. The van der Waals surface area contributed by atoms with E-state index in [1.54, 1.807) is 0 Å². The minimum Gasteiger partial charge on any atom is -0.475 e. The lowest BCUT2D eigenvalue weighted by atomic mass is 9.99. The van der Waals surface area contributed by atoms with Crippen LogP contribution in [-0.2, 0) is 6.42 Å². The SMILES string of the molecule is Cc1cc(N[C@H]2CCc3ccc(-c4ccccc4)cc32)n2nc(C(=O)O)nc2n1. The molecule has 0 aliphatic heterocycles. The zero-order chi connectivity index (χ0) is 20.0. The van der Waals surface area contributed by atoms with E-state index in [1.807, 2.05) is 31.2 Å². The number of anilines is 1. The summed E-state index contributed by atoms with van der Waals surface area (Å²) in [4.78, 5) is 19.6. The van der Waals surface area contributed by atoms with E-state index in [9.17, 15) is 9.90 Å². The predicted molar refractivity (Wildman–Crippen MR) is 109 cm³/mol. The molecule has 0 radical (unpaired) electrons. The van der Waals surface area contributed by atoms with Crippen LogP contribution in [0.5, 0.6) is 0 Å². The van der Waals surface area contributed by atoms with Crippen molar-refractivity contribution in [1.29, 1.82) is 0 Å². The summed E-state index contributed by atoms with van der Waals surface area (Å²) < 4.78 is 1.47. The minimum absolute atomic E-state index is 0.108. The number of benzene rings is 2. The third-order valence-corrected chi connectivity index (χ3v) is 5.28. The molecular weight excluding hydrogens is 366 g/mol. The number of nitrogens with zero attached hydrogens (tertiary/aromatic N) is 4. The smallest absolute Gasteiger partial charge is 0.375 e. The van der Waals surface area contributed by atoms with Crippen LogP contribution in [0.4, 0.5) is 5.82 Å². The van der Waals surface area contributed by atoms with Gasteiger partial charge < -0.3 is 10.4 Å². The van der Waals surface area contributed by atoms with E-state index in [4.69, 9.17) is 0 Å². The van der Waals surface area contributed by atoms with Gasteiger partial charge in [-0.05, 0) is 48.1 Å². The Morgan fingerprint density at radius 2 is 1.93 bits per heavy atom. The molecule has 7 heteroatoms. The molecule has 0 saturated carbocycles. The Labute approximate surface area is 167 Å². The first-order valence-corrected chi connectivity index (χ1v) is 9.51. The molecule has 0 saturated heterocycles. The lowest BCUT2D eigenvalue weighted by Crippen LogP contribution is -2.12. The summed E-state index contributed by atoms with van der Waals surface area (Å²) in [6.45, 7) is 1.86. The van der Waals surface area contributed by atoms with Gasteiger partial charge in [0.25, 0.3) is 11.6 Å². The number of nitrogens with one attached hydrogen (secondary N) is 1. The fourth-order valence-corrected chi connectivity index (χ4v) is 3.92. The van der Waals surface area contributed by atoms with Gasteiger partial charge in [-0.1, -0.05) is 42.5 Å². The van der Waals surface area contributed by atoms with Gasteiger partial charge in [-0.3, -0.25) is 0 Å². The highest BCUT2D eigenvalue weighted by molar-refractivity contribution is 5.83. The van der Waals surface area contributed by atoms with Gasteiger partial charge in [0.2, 0.25) is 0 Å². The summed E-state index contributed by atoms with van der Waals surface area (Å²) in [5.74, 6) is -0.459. The van der Waals surface area contributed by atoms with E-state index in [2.05, 4.69) is 50.7 Å². The third kappa shape index (κ3) is 3.10. The lowest BCUT2D eigenvalue weighted by molar-refractivity contribution is 0.0684. The molecule has 0 amide bonds. The Morgan fingerprint density at radius 1 is 1.10 bits per heavy atom. The van der Waals surface area contributed by atoms with Gasteiger partial charge in [0, 0.05) is 11.8 Å². The van der Waals surface area contributed by atoms with E-state index in [0.717, 1.165) is 18.5 Å². The van der Waals surface area contributed by atoms with Crippen molar-refractivity contribution in [2.75, 3.05) is 5.32 Å². The van der Waals surface area contributed by atoms with Gasteiger partial charge in [-0.2, -0.15) is 9.50 Å². The molecule has 144 valence electrons. The van der Waals surface area contributed by atoms with E-state index in [-0.39, 0.29) is 17.6 Å². The van der Waals surface area contributed by atoms with E-state index in [0.29, 0.717) is 5.82 Å². The van der Waals surface area contributed by atoms with Crippen molar-refractivity contribution in [3.8, 4) is 11.1 Å². The van der Waals surface area contributed by atoms with Gasteiger partial charge >= 0.3 is 5.97 Å². The van der Waals surface area contributed by atoms with Crippen molar-refractivity contribution in [3.05, 3.63) is 77.2 Å². The Morgan fingerprint density at radius 3 is 2.72 bits per heavy atom. The van der Waals surface area contributed by atoms with Crippen LogP contribution in [0.1, 0.15) is 39.9 Å². The fraction of sp³-hybridized carbons (Fsp3) is 0.182. The maximum absolute atomic E-state index is 11.3. The number of carbonyl (C=O) groups is 1. The molecule has 4 aromatic rings. The average Bonchev–Trinajstić information content (AvgIpc) is 3.33. The van der Waals surface area contributed by atoms with Crippen LogP contribution < -0.4 is 5.32 Å². The van der Waals surface area contributed by atoms with Crippen LogP contribution in [0.3, 0.4) is 0 Å². The van der Waals surface area contributed by atoms with Crippen molar-refractivity contribution >= 4 is 17.6 Å². The van der Waals surface area contributed by atoms with Gasteiger partial charge in [0.05, 0.1) is 6.04 Å². The summed E-state index contributed by atoms with van der Waals surface area (Å²) >= 11 is 0. The maximum atomic E-state index is 11.3. The third-order valence-electron chi connectivity index (χ3n) is 5.28. The Bertz CT molecular complexity index is 1230. The number of carboxylic acids is 1. The summed E-state index contributed by atoms with van der Waals surface area (Å²) in [7, 11) is 0. The van der Waals surface area contributed by atoms with Crippen LogP contribution in [0.25, 0.3) is 16.9 Å². The van der Waals surface area contributed by atoms with Crippen LogP contribution >= 0.6 is 0 Å². The summed E-state index contributed by atoms with van der Waals surface area (Å²) in [5.41, 5.74) is 5.70. The van der Waals surface area contributed by atoms with E-state index >= 15 is 0 Å². The van der Waals surface area contributed by atoms with Crippen LogP contribution in [0, 0.1) is 6.92 Å². The second kappa shape index (κ2) is 6.70. The fourth-order valence-electron chi connectivity index (χ4n) is 3.92. The van der Waals surface area contributed by atoms with Crippen molar-refractivity contribution in [2.24, 2.45) is 0 Å². The number of hydrogen-bond acceptors (Lipinski definition) is 5. The van der Waals surface area contributed by atoms with Crippen molar-refractivity contribution in [3.63, 3.8) is 0 Å². The Hall–Kier alpha value is -3.74. The number of aryl methyl sites for hydroxylation is 2. The van der Waals surface area contributed by atoms with Crippen molar-refractivity contribution in [1.82, 2.24) is 19.6 Å². The molecule has 1 atom stereocenters. The topological polar surface area (TPSA) is 92.4 Å². The second-order valence-corrected chi connectivity index (χ2v) is 7.25. The molecule has 7 nitrogen and oxygen atoms in total. The second-order valence-electron chi connectivity index (χ2n) is 7.25. The van der Waals surface area contributed by atoms with Crippen molar-refractivity contribution < 1.29 is 9.90 Å². The quantitative estimate of drug-likeness (QED) is 0.554. The molecule has 0 spiro atoms. The summed E-state index contributed by atoms with van der Waals surface area (Å²) in [5, 5.41) is 16.8. The molecule has 2 heterocycles. The number of carboxylic acid groups (broad SMARTS) is 1. The van der Waals surface area contributed by atoms with E-state index in [1.165, 1.54) is 26.8 Å². The molecule has 0 unspecified atom stereocenters. The highest BCUT2D eigenvalue weighted by Gasteiger charge is 2.24. The number of rotatable bonds is 4. The van der Waals surface area contributed by atoms with Gasteiger partial charge in [-0.15, -0.1) is 5.10 Å². The largest absolute Gasteiger partial charge is 0.475 e. The molecule has 1 aliphatic carbocycles. The molecule has 2 N–H and O–H groups in total. The van der Waals surface area contributed by atoms with Gasteiger partial charge in [0.15, 0.2) is 0 Å². The molecule has 1 aliphatic rings. The Kier molecular flexibility index (Phi) is 4.01. The molecule has 0 bridgehead atoms. The molecule has 0 fully saturated rings. The molecule has 2 aromatic heterocycles. The number of aromatic nitrogens is 4. The molecule has 2 aromatic carbocycles. The van der Waals surface area contributed by atoms with Crippen LogP contribution in [0.2, 0.25) is 0 Å². The van der Waals surface area contributed by atoms with Gasteiger partial charge in [-0.25, -0.2) is 9.78 Å². The minimum atomic E-state index is -1.17. The zero-order valence-corrected chi connectivity index (χ0v) is 15.8. The maximum Gasteiger partial charge on any atom is 0.375 e. The number of fused-ring (bicyclic) bond motifs is 2. The highest BCUT2D eigenvalue weighted by Crippen LogP contribution is 2.36. The first-order chi connectivity index (χ1) is 14.1. The van der Waals surface area contributed by atoms with E-state index < -0.39 is 5.97 Å². The van der Waals surface area contributed by atoms with Crippen LogP contribution in [-0.4, -0.2) is 30.7 Å². The number of aromatic carboxylic acids is 1. The average molecular weight is 385 g/mol. The standard InChI is InChI=1S/C22H19N5O2/c1-13-11-19(27-22(23-13)25-20(26-27)21(28)29)24-18-10-9-15-7-8-16(12-17(15)18)14-5-3-2-4-6-14/h2-8,11-12,18,24H,9-10H2,1H3,(H,28,29)/t18-/m0/s1. The van der Waals surface area contributed by atoms with Gasteiger partial charge in [0.1, 0.15) is 5.82 Å². The Balaban J connectivity index is 1.53. The normalized spacial score (nSPS) is 15.4. The first-order valence-electron chi connectivity index (χ1n) is 9.51. The molecule has 29 heavy (non-hydrogen) atoms. The summed E-state index contributed by atoms with van der Waals surface area (Å²) in [6, 6.07) is 18.9. The highest BCUT2D eigenvalue weighted by atomic mass is 16.4.